The number of benzene rings is 1. The second-order valence-electron chi connectivity index (χ2n) is 3.62. The number of carbonyl (C=O) groups is 1. The van der Waals surface area contributed by atoms with E-state index in [1.54, 1.807) is 6.07 Å². The number of hydrogen-bond donors (Lipinski definition) is 1. The van der Waals surface area contributed by atoms with Gasteiger partial charge in [0.2, 0.25) is 0 Å². The molecule has 6 nitrogen and oxygen atoms in total. The maximum absolute atomic E-state index is 11.1. The van der Waals surface area contributed by atoms with E-state index >= 15 is 0 Å². The van der Waals surface area contributed by atoms with E-state index in [0.717, 1.165) is 11.8 Å². The smallest absolute Gasteiger partial charge is 0.338 e. The molecule has 1 aromatic carbocycles. The number of hydrogen-bond acceptors (Lipinski definition) is 5. The normalized spacial score (nSPS) is 10.2. The first-order chi connectivity index (χ1) is 9.49. The molecule has 0 saturated carbocycles. The summed E-state index contributed by atoms with van der Waals surface area (Å²) in [7, 11) is 0. The van der Waals surface area contributed by atoms with E-state index in [9.17, 15) is 14.9 Å². The van der Waals surface area contributed by atoms with Gasteiger partial charge in [-0.15, -0.1) is 0 Å². The van der Waals surface area contributed by atoms with Gasteiger partial charge in [-0.25, -0.2) is 9.78 Å². The molecule has 2 aromatic rings. The summed E-state index contributed by atoms with van der Waals surface area (Å²) >= 11 is 6.63. The van der Waals surface area contributed by atoms with Gasteiger partial charge in [0.25, 0.3) is 5.69 Å². The number of carboxylic acid groups (broad SMARTS) is 1. The van der Waals surface area contributed by atoms with Crippen LogP contribution in [0.3, 0.4) is 0 Å². The monoisotopic (exact) mass is 310 g/mol. The quantitative estimate of drug-likeness (QED) is 0.528. The lowest BCUT2D eigenvalue weighted by molar-refractivity contribution is -0.387. The topological polar surface area (TPSA) is 93.3 Å². The molecular weight excluding hydrogens is 304 g/mol. The number of carboxylic acids is 1. The minimum absolute atomic E-state index is 0.0578. The number of pyridine rings is 1. The molecule has 0 aliphatic heterocycles. The van der Waals surface area contributed by atoms with Crippen molar-refractivity contribution in [1.82, 2.24) is 4.98 Å². The number of aromatic carboxylic acids is 1. The lowest BCUT2D eigenvalue weighted by atomic mass is 10.3. The molecule has 102 valence electrons. The molecule has 2 rings (SSSR count). The van der Waals surface area contributed by atoms with E-state index in [1.807, 2.05) is 0 Å². The van der Waals surface area contributed by atoms with Gasteiger partial charge in [0, 0.05) is 6.07 Å². The summed E-state index contributed by atoms with van der Waals surface area (Å²) in [6.07, 6.45) is 0. The summed E-state index contributed by atoms with van der Waals surface area (Å²) < 4.78 is 0. The summed E-state index contributed by atoms with van der Waals surface area (Å²) in [5, 5.41) is 20.2. The van der Waals surface area contributed by atoms with Gasteiger partial charge in [0.15, 0.2) is 0 Å². The Balaban J connectivity index is 2.47. The van der Waals surface area contributed by atoms with Gasteiger partial charge in [0.1, 0.15) is 10.2 Å². The number of aromatic nitrogens is 1. The number of rotatable bonds is 4. The molecule has 0 radical (unpaired) electrons. The number of nitro benzene ring substituents is 1. The third-order valence-electron chi connectivity index (χ3n) is 2.33. The Morgan fingerprint density at radius 3 is 2.65 bits per heavy atom. The maximum Gasteiger partial charge on any atom is 0.338 e. The fourth-order valence-electron chi connectivity index (χ4n) is 1.46. The molecular formula is C12H7ClN2O4S. The number of halogens is 1. The second-order valence-corrected chi connectivity index (χ2v) is 5.04. The summed E-state index contributed by atoms with van der Waals surface area (Å²) in [6, 6.07) is 8.69. The van der Waals surface area contributed by atoms with Gasteiger partial charge >= 0.3 is 5.97 Å². The molecule has 0 fully saturated rings. The molecule has 0 spiro atoms. The van der Waals surface area contributed by atoms with Crippen LogP contribution in [0.25, 0.3) is 0 Å². The van der Waals surface area contributed by atoms with Crippen molar-refractivity contribution in [3.8, 4) is 0 Å². The zero-order chi connectivity index (χ0) is 14.7. The molecule has 0 atom stereocenters. The highest BCUT2D eigenvalue weighted by Gasteiger charge is 2.18. The first kappa shape index (κ1) is 14.3. The van der Waals surface area contributed by atoms with Gasteiger partial charge in [-0.1, -0.05) is 35.5 Å². The lowest BCUT2D eigenvalue weighted by Crippen LogP contribution is -2.01. The highest BCUT2D eigenvalue weighted by atomic mass is 35.5. The van der Waals surface area contributed by atoms with E-state index in [-0.39, 0.29) is 21.4 Å². The lowest BCUT2D eigenvalue weighted by Gasteiger charge is -2.05. The van der Waals surface area contributed by atoms with Crippen LogP contribution >= 0.6 is 23.4 Å². The van der Waals surface area contributed by atoms with E-state index in [4.69, 9.17) is 16.7 Å². The van der Waals surface area contributed by atoms with Crippen molar-refractivity contribution in [2.45, 2.75) is 9.92 Å². The summed E-state index contributed by atoms with van der Waals surface area (Å²) in [4.78, 5) is 25.7. The first-order valence-corrected chi connectivity index (χ1v) is 6.49. The summed E-state index contributed by atoms with van der Waals surface area (Å²) in [6.45, 7) is 0. The van der Waals surface area contributed by atoms with Gasteiger partial charge < -0.3 is 5.11 Å². The van der Waals surface area contributed by atoms with Crippen LogP contribution < -0.4 is 0 Å². The van der Waals surface area contributed by atoms with Crippen LogP contribution in [0.5, 0.6) is 0 Å². The largest absolute Gasteiger partial charge is 0.478 e. The summed E-state index contributed by atoms with van der Waals surface area (Å²) in [5.41, 5.74) is -0.173. The van der Waals surface area contributed by atoms with E-state index in [0.29, 0.717) is 4.90 Å². The van der Waals surface area contributed by atoms with E-state index < -0.39 is 10.9 Å². The van der Waals surface area contributed by atoms with Crippen LogP contribution in [0, 0.1) is 10.1 Å². The zero-order valence-electron chi connectivity index (χ0n) is 9.82. The number of para-hydroxylation sites is 1. The average Bonchev–Trinajstić information content (AvgIpc) is 2.38. The fourth-order valence-corrected chi connectivity index (χ4v) is 2.67. The van der Waals surface area contributed by atoms with Crippen LogP contribution in [0.1, 0.15) is 10.4 Å². The molecule has 1 heterocycles. The minimum atomic E-state index is -1.17. The van der Waals surface area contributed by atoms with Crippen molar-refractivity contribution >= 4 is 35.0 Å². The molecule has 8 heteroatoms. The van der Waals surface area contributed by atoms with Crippen LogP contribution in [-0.2, 0) is 0 Å². The SMILES string of the molecule is O=C(O)c1ccc(Cl)nc1Sc1ccccc1[N+](=O)[O-]. The Hall–Kier alpha value is -2.12. The third kappa shape index (κ3) is 3.06. The van der Waals surface area contributed by atoms with E-state index in [1.165, 1.54) is 30.3 Å². The van der Waals surface area contributed by atoms with Crippen LogP contribution in [0.15, 0.2) is 46.3 Å². The second kappa shape index (κ2) is 5.89. The molecule has 0 saturated heterocycles. The predicted molar refractivity (Wildman–Crippen MR) is 73.4 cm³/mol. The van der Waals surface area contributed by atoms with Crippen molar-refractivity contribution < 1.29 is 14.8 Å². The van der Waals surface area contributed by atoms with Crippen LogP contribution in [0.2, 0.25) is 5.15 Å². The zero-order valence-corrected chi connectivity index (χ0v) is 11.4. The average molecular weight is 311 g/mol. The third-order valence-corrected chi connectivity index (χ3v) is 3.61. The Labute approximate surface area is 122 Å². The number of nitrogens with zero attached hydrogens (tertiary/aromatic N) is 2. The molecule has 0 aliphatic rings. The van der Waals surface area contributed by atoms with Gasteiger partial charge in [0.05, 0.1) is 15.4 Å². The summed E-state index contributed by atoms with van der Waals surface area (Å²) in [5.74, 6) is -1.17. The highest BCUT2D eigenvalue weighted by molar-refractivity contribution is 7.99. The van der Waals surface area contributed by atoms with Crippen LogP contribution in [-0.4, -0.2) is 21.0 Å². The fraction of sp³-hybridized carbons (Fsp3) is 0. The van der Waals surface area contributed by atoms with Gasteiger partial charge in [-0.3, -0.25) is 10.1 Å². The molecule has 0 aliphatic carbocycles. The minimum Gasteiger partial charge on any atom is -0.478 e. The predicted octanol–water partition coefficient (Wildman–Crippen LogP) is 3.49. The number of nitro groups is 1. The van der Waals surface area contributed by atoms with Gasteiger partial charge in [-0.2, -0.15) is 0 Å². The van der Waals surface area contributed by atoms with Crippen LogP contribution in [0.4, 0.5) is 5.69 Å². The molecule has 20 heavy (non-hydrogen) atoms. The Kier molecular flexibility index (Phi) is 4.21. The Morgan fingerprint density at radius 1 is 1.30 bits per heavy atom. The van der Waals surface area contributed by atoms with E-state index in [2.05, 4.69) is 4.98 Å². The molecule has 0 bridgehead atoms. The molecule has 0 amide bonds. The Bertz CT molecular complexity index is 693. The Morgan fingerprint density at radius 2 is 2.00 bits per heavy atom. The van der Waals surface area contributed by atoms with Crippen molar-refractivity contribution in [2.75, 3.05) is 0 Å². The van der Waals surface area contributed by atoms with Gasteiger partial charge in [-0.05, 0) is 18.2 Å². The van der Waals surface area contributed by atoms with Crippen molar-refractivity contribution in [3.05, 3.63) is 57.2 Å². The van der Waals surface area contributed by atoms with Crippen molar-refractivity contribution in [2.24, 2.45) is 0 Å². The molecule has 1 N–H and O–H groups in total. The molecule has 0 unspecified atom stereocenters. The highest BCUT2D eigenvalue weighted by Crippen LogP contribution is 2.35. The molecule has 1 aromatic heterocycles. The van der Waals surface area contributed by atoms with Crippen molar-refractivity contribution in [3.63, 3.8) is 0 Å². The first-order valence-electron chi connectivity index (χ1n) is 5.30. The standard InChI is InChI=1S/C12H7ClN2O4S/c13-10-6-5-7(12(16)17)11(14-10)20-9-4-2-1-3-8(9)15(18)19/h1-6H,(H,16,17). The van der Waals surface area contributed by atoms with Crippen molar-refractivity contribution in [1.29, 1.82) is 0 Å². The maximum atomic E-state index is 11.1.